The van der Waals surface area contributed by atoms with Crippen molar-refractivity contribution in [1.29, 1.82) is 0 Å². The molecule has 0 aliphatic carbocycles. The maximum atomic E-state index is 11.3. The second kappa shape index (κ2) is 5.71. The van der Waals surface area contributed by atoms with Crippen LogP contribution in [0, 0.1) is 0 Å². The van der Waals surface area contributed by atoms with E-state index in [0.29, 0.717) is 17.9 Å². The Morgan fingerprint density at radius 3 is 2.84 bits per heavy atom. The molecule has 2 aromatic heterocycles. The van der Waals surface area contributed by atoms with E-state index in [4.69, 9.17) is 0 Å². The number of rotatable bonds is 5. The second-order valence-corrected chi connectivity index (χ2v) is 3.59. The van der Waals surface area contributed by atoms with E-state index in [1.54, 1.807) is 24.4 Å². The van der Waals surface area contributed by atoms with E-state index < -0.39 is 5.97 Å². The fourth-order valence-electron chi connectivity index (χ4n) is 1.55. The molecule has 8 nitrogen and oxygen atoms in total. The minimum Gasteiger partial charge on any atom is -0.477 e. The Balaban J connectivity index is 2.40. The highest BCUT2D eigenvalue weighted by Gasteiger charge is 2.20. The smallest absolute Gasteiger partial charge is 0.341 e. The zero-order valence-corrected chi connectivity index (χ0v) is 10.2. The Kier molecular flexibility index (Phi) is 3.81. The number of carboxylic acids is 1. The van der Waals surface area contributed by atoms with Gasteiger partial charge in [-0.05, 0) is 23.8 Å². The van der Waals surface area contributed by atoms with Gasteiger partial charge in [0.2, 0.25) is 5.82 Å². The molecule has 0 bridgehead atoms. The molecule has 0 aliphatic heterocycles. The van der Waals surface area contributed by atoms with Crippen molar-refractivity contribution in [2.45, 2.75) is 13.3 Å². The van der Waals surface area contributed by atoms with Gasteiger partial charge in [-0.15, -0.1) is 10.2 Å². The van der Waals surface area contributed by atoms with Gasteiger partial charge in [0.1, 0.15) is 11.4 Å². The Morgan fingerprint density at radius 2 is 2.32 bits per heavy atom. The molecule has 3 N–H and O–H groups in total. The number of H-pyrrole nitrogens is 1. The van der Waals surface area contributed by atoms with E-state index in [-0.39, 0.29) is 11.4 Å². The third-order valence-electron chi connectivity index (χ3n) is 2.38. The predicted molar refractivity (Wildman–Crippen MR) is 66.9 cm³/mol. The zero-order valence-electron chi connectivity index (χ0n) is 10.2. The van der Waals surface area contributed by atoms with Crippen molar-refractivity contribution in [3.05, 3.63) is 35.9 Å². The number of carbonyl (C=O) groups is 1. The van der Waals surface area contributed by atoms with Crippen LogP contribution < -0.4 is 5.32 Å². The summed E-state index contributed by atoms with van der Waals surface area (Å²) < 4.78 is 0. The number of anilines is 1. The van der Waals surface area contributed by atoms with E-state index in [1.165, 1.54) is 0 Å². The van der Waals surface area contributed by atoms with Crippen molar-refractivity contribution in [2.24, 2.45) is 0 Å². The third-order valence-corrected chi connectivity index (χ3v) is 2.38. The van der Waals surface area contributed by atoms with Crippen LogP contribution in [0.4, 0.5) is 5.82 Å². The summed E-state index contributed by atoms with van der Waals surface area (Å²) in [4.78, 5) is 15.4. The van der Waals surface area contributed by atoms with Crippen LogP contribution >= 0.6 is 0 Å². The van der Waals surface area contributed by atoms with Gasteiger partial charge < -0.3 is 10.4 Å². The number of nitrogens with zero attached hydrogens (tertiary/aromatic N) is 4. The van der Waals surface area contributed by atoms with Crippen molar-refractivity contribution in [3.8, 4) is 0 Å². The van der Waals surface area contributed by atoms with Crippen LogP contribution in [0.25, 0.3) is 5.57 Å². The first-order valence-corrected chi connectivity index (χ1v) is 5.60. The van der Waals surface area contributed by atoms with E-state index in [1.807, 2.05) is 6.92 Å². The Hall–Kier alpha value is -2.77. The van der Waals surface area contributed by atoms with Gasteiger partial charge in [-0.3, -0.25) is 0 Å². The lowest BCUT2D eigenvalue weighted by molar-refractivity contribution is -0.130. The number of tetrazole rings is 1. The average molecular weight is 260 g/mol. The van der Waals surface area contributed by atoms with E-state index in [0.717, 1.165) is 0 Å². The molecular weight excluding hydrogens is 248 g/mol. The molecule has 0 amide bonds. The number of allylic oxidation sites excluding steroid dienone is 1. The fraction of sp³-hybridized carbons (Fsp3) is 0.182. The van der Waals surface area contributed by atoms with Gasteiger partial charge in [-0.2, -0.15) is 5.21 Å². The summed E-state index contributed by atoms with van der Waals surface area (Å²) in [5.41, 5.74) is 0.439. The number of pyridine rings is 1. The summed E-state index contributed by atoms with van der Waals surface area (Å²) in [6, 6.07) is 5.32. The Labute approximate surface area is 108 Å². The number of carboxylic acid groups (broad SMARTS) is 1. The molecule has 0 unspecified atom stereocenters. The van der Waals surface area contributed by atoms with Gasteiger partial charge in [0, 0.05) is 11.9 Å². The molecule has 0 saturated heterocycles. The lowest BCUT2D eigenvalue weighted by atomic mass is 10.1. The number of nitrogens with one attached hydrogen (secondary N) is 2. The molecular formula is C11H12N6O2. The minimum absolute atomic E-state index is 0.0260. The summed E-state index contributed by atoms with van der Waals surface area (Å²) in [6.07, 6.45) is 2.08. The van der Waals surface area contributed by atoms with Gasteiger partial charge in [0.05, 0.1) is 0 Å². The number of hydrogen-bond donors (Lipinski definition) is 3. The van der Waals surface area contributed by atoms with Crippen molar-refractivity contribution in [1.82, 2.24) is 25.6 Å². The van der Waals surface area contributed by atoms with Gasteiger partial charge in [0.25, 0.3) is 0 Å². The summed E-state index contributed by atoms with van der Waals surface area (Å²) in [5, 5.41) is 25.3. The van der Waals surface area contributed by atoms with Gasteiger partial charge in [-0.25, -0.2) is 9.78 Å². The lowest BCUT2D eigenvalue weighted by Gasteiger charge is -2.10. The van der Waals surface area contributed by atoms with Gasteiger partial charge >= 0.3 is 5.97 Å². The topological polar surface area (TPSA) is 117 Å². The molecule has 0 fully saturated rings. The quantitative estimate of drug-likeness (QED) is 0.684. The molecule has 2 aromatic rings. The van der Waals surface area contributed by atoms with Crippen molar-refractivity contribution >= 4 is 17.4 Å². The molecule has 0 saturated carbocycles. The van der Waals surface area contributed by atoms with E-state index in [2.05, 4.69) is 30.9 Å². The van der Waals surface area contributed by atoms with Crippen molar-refractivity contribution in [2.75, 3.05) is 5.32 Å². The number of aliphatic carboxylic acids is 1. The first-order valence-electron chi connectivity index (χ1n) is 5.60. The molecule has 0 radical (unpaired) electrons. The molecule has 2 heterocycles. The molecule has 8 heteroatoms. The molecule has 19 heavy (non-hydrogen) atoms. The molecule has 0 aromatic carbocycles. The Morgan fingerprint density at radius 1 is 1.47 bits per heavy atom. The summed E-state index contributed by atoms with van der Waals surface area (Å²) in [6.45, 7) is 1.83. The molecule has 0 aliphatic rings. The standard InChI is InChI=1S/C11H12N6O2/c1-2-7(13-8-5-3-4-6-12-8)9(11(18)19)10-14-16-17-15-10/h3-6H,2H2,1H3,(H,12,13)(H,18,19)(H,14,15,16,17). The zero-order chi connectivity index (χ0) is 13.7. The highest BCUT2D eigenvalue weighted by molar-refractivity contribution is 6.15. The van der Waals surface area contributed by atoms with Crippen molar-refractivity contribution < 1.29 is 9.90 Å². The first-order chi connectivity index (χ1) is 9.22. The molecule has 0 spiro atoms. The number of aromatic amines is 1. The predicted octanol–water partition coefficient (Wildman–Crippen LogP) is 0.912. The molecule has 2 rings (SSSR count). The summed E-state index contributed by atoms with van der Waals surface area (Å²) in [5.74, 6) is -0.531. The maximum absolute atomic E-state index is 11.3. The number of aromatic nitrogens is 5. The van der Waals surface area contributed by atoms with Gasteiger partial charge in [-0.1, -0.05) is 13.0 Å². The van der Waals surface area contributed by atoms with E-state index >= 15 is 0 Å². The van der Waals surface area contributed by atoms with Crippen LogP contribution in [-0.4, -0.2) is 36.7 Å². The van der Waals surface area contributed by atoms with Crippen LogP contribution in [0.2, 0.25) is 0 Å². The minimum atomic E-state index is -1.12. The van der Waals surface area contributed by atoms with Crippen LogP contribution in [0.3, 0.4) is 0 Å². The summed E-state index contributed by atoms with van der Waals surface area (Å²) >= 11 is 0. The highest BCUT2D eigenvalue weighted by Crippen LogP contribution is 2.19. The number of hydrogen-bond acceptors (Lipinski definition) is 6. The largest absolute Gasteiger partial charge is 0.477 e. The van der Waals surface area contributed by atoms with Crippen LogP contribution in [0.15, 0.2) is 30.1 Å². The maximum Gasteiger partial charge on any atom is 0.341 e. The van der Waals surface area contributed by atoms with Crippen LogP contribution in [0.1, 0.15) is 19.2 Å². The fourth-order valence-corrected chi connectivity index (χ4v) is 1.55. The van der Waals surface area contributed by atoms with E-state index in [9.17, 15) is 9.90 Å². The normalized spacial score (nSPS) is 11.8. The monoisotopic (exact) mass is 260 g/mol. The van der Waals surface area contributed by atoms with Crippen LogP contribution in [-0.2, 0) is 4.79 Å². The highest BCUT2D eigenvalue weighted by atomic mass is 16.4. The average Bonchev–Trinajstić information content (AvgIpc) is 2.92. The van der Waals surface area contributed by atoms with Crippen molar-refractivity contribution in [3.63, 3.8) is 0 Å². The molecule has 0 atom stereocenters. The Bertz CT molecular complexity index is 578. The lowest BCUT2D eigenvalue weighted by Crippen LogP contribution is -2.11. The second-order valence-electron chi connectivity index (χ2n) is 3.59. The third kappa shape index (κ3) is 2.92. The SMILES string of the molecule is CCC(Nc1ccccn1)=C(C(=O)O)c1nn[nH]n1. The summed E-state index contributed by atoms with van der Waals surface area (Å²) in [7, 11) is 0. The molecule has 98 valence electrons. The van der Waals surface area contributed by atoms with Gasteiger partial charge in [0.15, 0.2) is 0 Å². The van der Waals surface area contributed by atoms with Crippen LogP contribution in [0.5, 0.6) is 0 Å². The first kappa shape index (κ1) is 12.7.